The lowest BCUT2D eigenvalue weighted by molar-refractivity contribution is -0.155. The molecule has 14 nitrogen and oxygen atoms in total. The quantitative estimate of drug-likeness (QED) is 0.0476. The number of Topliss-reactive ketones (excluding diaryl/α,β-unsaturated/α-hetero) is 1. The third-order valence-electron chi connectivity index (χ3n) is 18.2. The van der Waals surface area contributed by atoms with E-state index in [2.05, 4.69) is 50.7 Å². The fourth-order valence-electron chi connectivity index (χ4n) is 15.1. The van der Waals surface area contributed by atoms with Gasteiger partial charge in [0.1, 0.15) is 30.7 Å². The van der Waals surface area contributed by atoms with Crippen molar-refractivity contribution in [3.8, 4) is 51.8 Å². The molecule has 0 saturated heterocycles. The standard InChI is InChI=1S/C64H67N3O11/c1-76-58-31-47-46(30-57(58)74)49-26-39-34-64(19-17-37(33-64)35-67-53-18-20-65-52(53)32-54(67)38-7-6-8-40(69)25-38)50-28-41(70)14-15-45(50)62(39)48(47)27-42(71)29-60(56(73)23-36-13-16-55(72)59(24-36)77-22-21-68)78-61(75)12-5-3-10-44-43-9-2-4-11-51(43)66-63(44)49/h2,4,6-9,11,13,16,18,20,24-26,30-32,37,39,41,45,48,50,56,60,62,65-66,68-70,72-74H,10,12,14-15,17,19,21-23,27-29,33-35H2,1H3/t37-,39+,41+,45+,48-,50-,56-,60+,62-,64-/m1/s1. The summed E-state index contributed by atoms with van der Waals surface area (Å²) in [7, 11) is 1.53. The monoisotopic (exact) mass is 1050 g/mol. The van der Waals surface area contributed by atoms with Gasteiger partial charge in [-0.3, -0.25) is 9.59 Å². The van der Waals surface area contributed by atoms with Crippen molar-refractivity contribution >= 4 is 39.3 Å². The molecule has 0 unspecified atom stereocenters. The van der Waals surface area contributed by atoms with Gasteiger partial charge in [-0.1, -0.05) is 54.3 Å². The van der Waals surface area contributed by atoms with Gasteiger partial charge in [0.2, 0.25) is 0 Å². The number of cyclic esters (lactones) is 1. The summed E-state index contributed by atoms with van der Waals surface area (Å²) in [5.41, 5.74) is 9.83. The van der Waals surface area contributed by atoms with Crippen LogP contribution in [0.5, 0.6) is 28.7 Å². The lowest BCUT2D eigenvalue weighted by Gasteiger charge is -2.57. The van der Waals surface area contributed by atoms with Crippen LogP contribution in [0.2, 0.25) is 0 Å². The van der Waals surface area contributed by atoms with Gasteiger partial charge in [0, 0.05) is 60.5 Å². The highest BCUT2D eigenvalue weighted by Gasteiger charge is 2.58. The molecule has 4 aromatic carbocycles. The van der Waals surface area contributed by atoms with Gasteiger partial charge in [-0.15, -0.1) is 0 Å². The van der Waals surface area contributed by atoms with E-state index in [9.17, 15) is 35.4 Å². The molecule has 5 aliphatic rings. The number of phenols is 3. The molecule has 10 atom stereocenters. The molecule has 0 radical (unpaired) electrons. The van der Waals surface area contributed by atoms with E-state index in [1.165, 1.54) is 13.2 Å². The predicted molar refractivity (Wildman–Crippen MR) is 295 cm³/mol. The number of allylic oxidation sites excluding steroid dienone is 1. The molecule has 12 rings (SSSR count). The summed E-state index contributed by atoms with van der Waals surface area (Å²) < 4.78 is 19.9. The smallest absolute Gasteiger partial charge is 0.318 e. The fourth-order valence-corrected chi connectivity index (χ4v) is 15.1. The van der Waals surface area contributed by atoms with Crippen LogP contribution in [0, 0.1) is 46.8 Å². The zero-order valence-electron chi connectivity index (χ0n) is 43.8. The third-order valence-corrected chi connectivity index (χ3v) is 18.2. The number of fused-ring (bicyclic) bond motifs is 10. The number of carbonyl (C=O) groups is 2. The van der Waals surface area contributed by atoms with E-state index < -0.39 is 30.2 Å². The van der Waals surface area contributed by atoms with Crippen LogP contribution in [0.4, 0.5) is 0 Å². The lowest BCUT2D eigenvalue weighted by atomic mass is 9.47. The molecule has 2 bridgehead atoms. The number of hydrogen-bond donors (Lipinski definition) is 8. The van der Waals surface area contributed by atoms with Crippen molar-refractivity contribution < 1.29 is 54.4 Å². The zero-order chi connectivity index (χ0) is 53.8. The number of benzene rings is 4. The molecule has 3 saturated carbocycles. The fraction of sp³-hybridized carbons (Fsp3) is 0.406. The second kappa shape index (κ2) is 21.1. The zero-order valence-corrected chi connectivity index (χ0v) is 43.8. The van der Waals surface area contributed by atoms with Crippen molar-refractivity contribution in [1.82, 2.24) is 14.5 Å². The van der Waals surface area contributed by atoms with Gasteiger partial charge in [0.05, 0.1) is 48.3 Å². The van der Waals surface area contributed by atoms with Gasteiger partial charge in [-0.05, 0) is 163 Å². The predicted octanol–water partition coefficient (Wildman–Crippen LogP) is 9.86. The summed E-state index contributed by atoms with van der Waals surface area (Å²) in [5.74, 6) is 5.88. The maximum Gasteiger partial charge on any atom is 0.318 e. The number of phenolic OH excluding ortho intramolecular Hbond substituents is 3. The minimum Gasteiger partial charge on any atom is -0.508 e. The molecule has 14 heteroatoms. The molecular formula is C64H67N3O11. The largest absolute Gasteiger partial charge is 0.508 e. The molecule has 3 fully saturated rings. The second-order valence-corrected chi connectivity index (χ2v) is 22.8. The van der Waals surface area contributed by atoms with Crippen molar-refractivity contribution in [2.24, 2.45) is 35.0 Å². The molecule has 8 N–H and O–H groups in total. The second-order valence-electron chi connectivity index (χ2n) is 22.8. The van der Waals surface area contributed by atoms with E-state index in [-0.39, 0.29) is 109 Å². The number of nitrogens with one attached hydrogen (secondary N) is 2. The number of methoxy groups -OCH3 is 1. The van der Waals surface area contributed by atoms with Crippen molar-refractivity contribution in [3.63, 3.8) is 0 Å². The van der Waals surface area contributed by atoms with Crippen LogP contribution < -0.4 is 9.47 Å². The number of aromatic nitrogens is 3. The number of ketones is 1. The summed E-state index contributed by atoms with van der Waals surface area (Å²) >= 11 is 0. The Hall–Kier alpha value is -7.44. The molecule has 1 aliphatic heterocycles. The molecule has 0 amide bonds. The molecule has 1 spiro atoms. The van der Waals surface area contributed by atoms with Gasteiger partial charge >= 0.3 is 5.97 Å². The normalized spacial score (nSPS) is 26.5. The number of nitrogens with zero attached hydrogens (tertiary/aromatic N) is 1. The van der Waals surface area contributed by atoms with Crippen LogP contribution in [0.1, 0.15) is 98.1 Å². The highest BCUT2D eigenvalue weighted by atomic mass is 16.6. The number of aliphatic hydroxyl groups is 3. The van der Waals surface area contributed by atoms with Crippen LogP contribution in [0.3, 0.4) is 0 Å². The SMILES string of the molecule is COc1cc2c(cc1O)C1=C[C@H]3C[C@]4(CC[C@@H](Cn5c(-c6cccc(O)c6)cc6[nH]ccc65)C4)[C@@H]4C[C@@H](O)CC[C@@H]4[C@@H]3[C@@H]2CC(=O)C[C@@H]([C@H](O)Cc2ccc(O)c(OCCO)c2)OC(=O)CC#CCc2c1[nH]c1ccccc21. The van der Waals surface area contributed by atoms with Gasteiger partial charge in [-0.2, -0.15) is 0 Å². The van der Waals surface area contributed by atoms with E-state index in [4.69, 9.17) is 14.2 Å². The number of esters is 1. The van der Waals surface area contributed by atoms with Gasteiger partial charge in [0.15, 0.2) is 23.0 Å². The topological polar surface area (TPSA) is 220 Å². The number of ether oxygens (including phenoxy) is 3. The number of aliphatic hydroxyl groups excluding tert-OH is 3. The van der Waals surface area contributed by atoms with Crippen LogP contribution in [-0.2, 0) is 33.7 Å². The Labute approximate surface area is 452 Å². The first-order chi connectivity index (χ1) is 37.9. The van der Waals surface area contributed by atoms with Crippen LogP contribution in [-0.4, -0.2) is 95.6 Å². The molecule has 78 heavy (non-hydrogen) atoms. The maximum absolute atomic E-state index is 15.3. The van der Waals surface area contributed by atoms with Crippen molar-refractivity contribution in [2.45, 2.75) is 108 Å². The lowest BCUT2D eigenvalue weighted by Crippen LogP contribution is -2.51. The average molecular weight is 1050 g/mol. The van der Waals surface area contributed by atoms with E-state index >= 15 is 4.79 Å². The Morgan fingerprint density at radius 3 is 2.59 bits per heavy atom. The van der Waals surface area contributed by atoms with Gasteiger partial charge < -0.3 is 59.4 Å². The van der Waals surface area contributed by atoms with E-state index in [1.54, 1.807) is 24.3 Å². The number of aromatic amines is 2. The van der Waals surface area contributed by atoms with Crippen LogP contribution in [0.15, 0.2) is 103 Å². The first-order valence-corrected chi connectivity index (χ1v) is 27.6. The number of para-hydroxylation sites is 1. The maximum atomic E-state index is 15.3. The number of hydrogen-bond acceptors (Lipinski definition) is 11. The highest BCUT2D eigenvalue weighted by Crippen LogP contribution is 2.67. The third kappa shape index (κ3) is 9.60. The van der Waals surface area contributed by atoms with Crippen molar-refractivity contribution in [3.05, 3.63) is 131 Å². The first-order valence-electron chi connectivity index (χ1n) is 27.6. The van der Waals surface area contributed by atoms with E-state index in [0.717, 1.165) is 99.8 Å². The van der Waals surface area contributed by atoms with Crippen LogP contribution in [0.25, 0.3) is 38.8 Å². The van der Waals surface area contributed by atoms with E-state index in [0.29, 0.717) is 24.3 Å². The number of H-pyrrole nitrogens is 2. The summed E-state index contributed by atoms with van der Waals surface area (Å²) in [6.45, 7) is 0.468. The molecule has 4 heterocycles. The highest BCUT2D eigenvalue weighted by molar-refractivity contribution is 5.94. The average Bonchev–Trinajstić information content (AvgIpc) is 4.35. The van der Waals surface area contributed by atoms with E-state index in [1.807, 2.05) is 48.7 Å². The molecule has 404 valence electrons. The van der Waals surface area contributed by atoms with Gasteiger partial charge in [0.25, 0.3) is 0 Å². The van der Waals surface area contributed by atoms with Crippen LogP contribution >= 0.6 is 0 Å². The summed E-state index contributed by atoms with van der Waals surface area (Å²) in [5, 5.41) is 67.0. The Morgan fingerprint density at radius 1 is 0.885 bits per heavy atom. The minimum atomic E-state index is -1.34. The Kier molecular flexibility index (Phi) is 13.9. The summed E-state index contributed by atoms with van der Waals surface area (Å²) in [6.07, 6.45) is 6.91. The van der Waals surface area contributed by atoms with Crippen molar-refractivity contribution in [1.29, 1.82) is 0 Å². The van der Waals surface area contributed by atoms with Crippen molar-refractivity contribution in [2.75, 3.05) is 20.3 Å². The Bertz CT molecular complexity index is 3520. The summed E-state index contributed by atoms with van der Waals surface area (Å²) in [4.78, 5) is 36.3. The number of rotatable bonds is 10. The number of aromatic hydroxyl groups is 3. The summed E-state index contributed by atoms with van der Waals surface area (Å²) in [6, 6.07) is 28.1. The number of carbonyl (C=O) groups excluding carboxylic acids is 2. The first kappa shape index (κ1) is 51.3. The Morgan fingerprint density at radius 2 is 1.74 bits per heavy atom. The molecular weight excluding hydrogens is 987 g/mol. The van der Waals surface area contributed by atoms with Gasteiger partial charge in [-0.25, -0.2) is 0 Å². The molecule has 3 aromatic heterocycles. The molecule has 7 aromatic rings. The Balaban J connectivity index is 0.975. The minimum absolute atomic E-state index is 0.0291. The molecule has 4 aliphatic carbocycles.